The number of ether oxygens (including phenoxy) is 1. The molecule has 3 aliphatic rings. The van der Waals surface area contributed by atoms with E-state index in [1.807, 2.05) is 24.3 Å². The number of aliphatic hydroxyl groups is 1. The molecule has 4 unspecified atom stereocenters. The Bertz CT molecular complexity index is 733. The summed E-state index contributed by atoms with van der Waals surface area (Å²) in [5, 5.41) is 12.2. The summed E-state index contributed by atoms with van der Waals surface area (Å²) in [5.74, 6) is 2.37. The Balaban J connectivity index is 1.68. The molecule has 0 aliphatic carbocycles. The van der Waals surface area contributed by atoms with Crippen molar-refractivity contribution in [3.8, 4) is 5.75 Å². The van der Waals surface area contributed by atoms with E-state index in [1.54, 1.807) is 13.3 Å². The molecule has 128 valence electrons. The van der Waals surface area contributed by atoms with Crippen LogP contribution in [-0.4, -0.2) is 41.2 Å². The van der Waals surface area contributed by atoms with E-state index in [-0.39, 0.29) is 6.04 Å². The van der Waals surface area contributed by atoms with Gasteiger partial charge in [-0.15, -0.1) is 0 Å². The average molecular weight is 326 g/mol. The van der Waals surface area contributed by atoms with Gasteiger partial charge in [-0.3, -0.25) is 9.88 Å². The van der Waals surface area contributed by atoms with E-state index >= 15 is 0 Å². The number of nitrogens with zero attached hydrogens (tertiary/aromatic N) is 2. The molecule has 0 spiro atoms. The Morgan fingerprint density at radius 2 is 2.25 bits per heavy atom. The second-order valence-electron chi connectivity index (χ2n) is 7.24. The summed E-state index contributed by atoms with van der Waals surface area (Å²) in [6.07, 6.45) is 4.97. The molecule has 2 aromatic rings. The quantitative estimate of drug-likeness (QED) is 0.935. The molecule has 0 amide bonds. The molecule has 0 saturated carbocycles. The average Bonchev–Trinajstić information content (AvgIpc) is 2.66. The maximum Gasteiger partial charge on any atom is 0.119 e. The van der Waals surface area contributed by atoms with Gasteiger partial charge in [0.25, 0.3) is 0 Å². The third-order valence-corrected chi connectivity index (χ3v) is 6.13. The summed E-state index contributed by atoms with van der Waals surface area (Å²) in [6, 6.07) is 8.07. The van der Waals surface area contributed by atoms with Crippen molar-refractivity contribution in [2.75, 3.05) is 20.2 Å². The van der Waals surface area contributed by atoms with Gasteiger partial charge in [0.05, 0.1) is 18.7 Å². The van der Waals surface area contributed by atoms with Crippen LogP contribution in [0.25, 0.3) is 10.9 Å². The van der Waals surface area contributed by atoms with E-state index in [2.05, 4.69) is 16.8 Å². The fourth-order valence-corrected chi connectivity index (χ4v) is 4.71. The summed E-state index contributed by atoms with van der Waals surface area (Å²) in [4.78, 5) is 6.94. The van der Waals surface area contributed by atoms with Crippen LogP contribution in [0.3, 0.4) is 0 Å². The Morgan fingerprint density at radius 3 is 2.96 bits per heavy atom. The zero-order chi connectivity index (χ0) is 16.7. The maximum absolute atomic E-state index is 11.2. The van der Waals surface area contributed by atoms with Crippen molar-refractivity contribution < 1.29 is 9.84 Å². The van der Waals surface area contributed by atoms with Crippen LogP contribution < -0.4 is 4.74 Å². The molecule has 1 aromatic heterocycles. The first-order valence-electron chi connectivity index (χ1n) is 9.06. The van der Waals surface area contributed by atoms with Crippen LogP contribution in [0, 0.1) is 11.8 Å². The van der Waals surface area contributed by atoms with Gasteiger partial charge >= 0.3 is 0 Å². The predicted molar refractivity (Wildman–Crippen MR) is 95.1 cm³/mol. The predicted octanol–water partition coefficient (Wildman–Crippen LogP) is 3.40. The van der Waals surface area contributed by atoms with Gasteiger partial charge in [-0.2, -0.15) is 0 Å². The minimum atomic E-state index is -0.469. The van der Waals surface area contributed by atoms with Gasteiger partial charge in [0.2, 0.25) is 0 Å². The lowest BCUT2D eigenvalue weighted by atomic mass is 9.72. The number of pyridine rings is 1. The second-order valence-corrected chi connectivity index (χ2v) is 7.24. The van der Waals surface area contributed by atoms with Crippen LogP contribution in [0.2, 0.25) is 0 Å². The summed E-state index contributed by atoms with van der Waals surface area (Å²) in [7, 11) is 1.67. The molecule has 0 radical (unpaired) electrons. The highest BCUT2D eigenvalue weighted by Gasteiger charge is 2.42. The molecule has 5 rings (SSSR count). The fraction of sp³-hybridized carbons (Fsp3) is 0.550. The van der Waals surface area contributed by atoms with Crippen molar-refractivity contribution >= 4 is 10.9 Å². The second kappa shape index (κ2) is 6.34. The minimum Gasteiger partial charge on any atom is -0.497 e. The molecular weight excluding hydrogens is 300 g/mol. The Kier molecular flexibility index (Phi) is 4.19. The molecule has 1 N–H and O–H groups in total. The number of benzene rings is 1. The number of aromatic nitrogens is 1. The highest BCUT2D eigenvalue weighted by molar-refractivity contribution is 5.83. The molecule has 4 heterocycles. The van der Waals surface area contributed by atoms with Crippen LogP contribution >= 0.6 is 0 Å². The number of methoxy groups -OCH3 is 1. The van der Waals surface area contributed by atoms with Gasteiger partial charge in [0.15, 0.2) is 0 Å². The van der Waals surface area contributed by atoms with Crippen molar-refractivity contribution in [2.45, 2.75) is 38.3 Å². The highest BCUT2D eigenvalue weighted by atomic mass is 16.5. The third kappa shape index (κ3) is 2.58. The van der Waals surface area contributed by atoms with Crippen molar-refractivity contribution in [3.05, 3.63) is 36.0 Å². The molecule has 2 bridgehead atoms. The SMILES string of the molecule is CCC1CN2CCC1CC2[C@H](O)c1ccnc2ccc(OC)cc12. The number of aliphatic hydroxyl groups excluding tert-OH is 1. The lowest BCUT2D eigenvalue weighted by Gasteiger charge is -2.51. The van der Waals surface area contributed by atoms with Crippen LogP contribution in [0.4, 0.5) is 0 Å². The zero-order valence-electron chi connectivity index (χ0n) is 14.5. The normalized spacial score (nSPS) is 30.5. The van der Waals surface area contributed by atoms with Crippen LogP contribution in [0.1, 0.15) is 37.9 Å². The largest absolute Gasteiger partial charge is 0.497 e. The lowest BCUT2D eigenvalue weighted by molar-refractivity contribution is -0.0562. The van der Waals surface area contributed by atoms with Crippen molar-refractivity contribution in [3.63, 3.8) is 0 Å². The maximum atomic E-state index is 11.2. The molecule has 24 heavy (non-hydrogen) atoms. The Morgan fingerprint density at radius 1 is 1.38 bits per heavy atom. The smallest absolute Gasteiger partial charge is 0.119 e. The molecule has 4 nitrogen and oxygen atoms in total. The minimum absolute atomic E-state index is 0.225. The summed E-state index contributed by atoms with van der Waals surface area (Å²) >= 11 is 0. The van der Waals surface area contributed by atoms with Crippen molar-refractivity contribution in [2.24, 2.45) is 11.8 Å². The monoisotopic (exact) mass is 326 g/mol. The first-order chi connectivity index (χ1) is 11.7. The lowest BCUT2D eigenvalue weighted by Crippen LogP contribution is -2.55. The summed E-state index contributed by atoms with van der Waals surface area (Å²) in [5.41, 5.74) is 1.89. The molecule has 3 saturated heterocycles. The van der Waals surface area contributed by atoms with Crippen LogP contribution in [-0.2, 0) is 0 Å². The first-order valence-corrected chi connectivity index (χ1v) is 9.06. The van der Waals surface area contributed by atoms with Crippen molar-refractivity contribution in [1.82, 2.24) is 9.88 Å². The Labute approximate surface area is 143 Å². The van der Waals surface area contributed by atoms with E-state index < -0.39 is 6.10 Å². The Hall–Kier alpha value is -1.65. The third-order valence-electron chi connectivity index (χ3n) is 6.13. The topological polar surface area (TPSA) is 45.6 Å². The van der Waals surface area contributed by atoms with Crippen LogP contribution in [0.5, 0.6) is 5.75 Å². The van der Waals surface area contributed by atoms with E-state index in [4.69, 9.17) is 4.74 Å². The number of hydrogen-bond acceptors (Lipinski definition) is 4. The van der Waals surface area contributed by atoms with Gasteiger partial charge in [-0.1, -0.05) is 13.3 Å². The molecule has 1 aromatic carbocycles. The van der Waals surface area contributed by atoms with E-state index in [0.717, 1.165) is 53.6 Å². The fourth-order valence-electron chi connectivity index (χ4n) is 4.71. The van der Waals surface area contributed by atoms with E-state index in [0.29, 0.717) is 0 Å². The van der Waals surface area contributed by atoms with E-state index in [9.17, 15) is 5.11 Å². The van der Waals surface area contributed by atoms with Gasteiger partial charge < -0.3 is 9.84 Å². The van der Waals surface area contributed by atoms with Crippen molar-refractivity contribution in [1.29, 1.82) is 0 Å². The van der Waals surface area contributed by atoms with E-state index in [1.165, 1.54) is 12.8 Å². The molecule has 4 heteroatoms. The molecular formula is C20H26N2O2. The first kappa shape index (κ1) is 15.9. The molecule has 5 atom stereocenters. The zero-order valence-corrected chi connectivity index (χ0v) is 14.5. The highest BCUT2D eigenvalue weighted by Crippen LogP contribution is 2.42. The van der Waals surface area contributed by atoms with Gasteiger partial charge in [-0.25, -0.2) is 0 Å². The summed E-state index contributed by atoms with van der Waals surface area (Å²) < 4.78 is 5.36. The van der Waals surface area contributed by atoms with Gasteiger partial charge in [0, 0.05) is 24.2 Å². The van der Waals surface area contributed by atoms with Gasteiger partial charge in [-0.05, 0) is 61.1 Å². The number of fused-ring (bicyclic) bond motifs is 4. The molecule has 3 fully saturated rings. The number of rotatable bonds is 4. The molecule has 3 aliphatic heterocycles. The standard InChI is InChI=1S/C20H26N2O2/c1-3-13-12-22-9-7-14(13)10-19(22)20(23)16-6-8-21-18-5-4-15(24-2)11-17(16)18/h4-6,8,11,13-14,19-20,23H,3,7,9-10,12H2,1-2H3/t13?,14?,19?,20-/m1/s1. The van der Waals surface area contributed by atoms with Crippen LogP contribution in [0.15, 0.2) is 30.5 Å². The summed E-state index contributed by atoms with van der Waals surface area (Å²) in [6.45, 7) is 4.55. The number of hydrogen-bond donors (Lipinski definition) is 1. The number of piperidine rings is 3. The van der Waals surface area contributed by atoms with Gasteiger partial charge in [0.1, 0.15) is 5.75 Å².